The number of rotatable bonds is 11. The van der Waals surface area contributed by atoms with Crippen molar-refractivity contribution in [2.75, 3.05) is 31.6 Å². The third kappa shape index (κ3) is 7.40. The number of anilines is 1. The molecule has 5 aromatic rings. The first kappa shape index (κ1) is 33.6. The number of carboxylic acid groups (broad SMARTS) is 1. The van der Waals surface area contributed by atoms with Gasteiger partial charge in [-0.25, -0.2) is 13.2 Å². The number of aromatic carboxylic acids is 1. The van der Waals surface area contributed by atoms with E-state index in [9.17, 15) is 13.2 Å². The van der Waals surface area contributed by atoms with Crippen molar-refractivity contribution in [3.05, 3.63) is 123 Å². The highest BCUT2D eigenvalue weighted by Crippen LogP contribution is 2.36. The minimum Gasteiger partial charge on any atom is -0.478 e. The van der Waals surface area contributed by atoms with Gasteiger partial charge in [0.05, 0.1) is 16.0 Å². The van der Waals surface area contributed by atoms with E-state index in [1.54, 1.807) is 0 Å². The molecule has 0 saturated carbocycles. The van der Waals surface area contributed by atoms with E-state index in [-0.39, 0.29) is 48.1 Å². The van der Waals surface area contributed by atoms with Crippen LogP contribution in [0.15, 0.2) is 95.9 Å². The van der Waals surface area contributed by atoms with Gasteiger partial charge in [0, 0.05) is 47.0 Å². The van der Waals surface area contributed by atoms with Crippen molar-refractivity contribution in [3.63, 3.8) is 0 Å². The molecule has 0 bridgehead atoms. The molecule has 1 aliphatic rings. The van der Waals surface area contributed by atoms with Crippen LogP contribution in [0.3, 0.4) is 0 Å². The molecule has 0 radical (unpaired) electrons. The lowest BCUT2D eigenvalue weighted by Crippen LogP contribution is -2.42. The van der Waals surface area contributed by atoms with Crippen molar-refractivity contribution in [2.24, 2.45) is 5.73 Å². The van der Waals surface area contributed by atoms with Gasteiger partial charge in [0.25, 0.3) is 0 Å². The number of halogens is 2. The number of benzene rings is 4. The third-order valence-electron chi connectivity index (χ3n) is 8.32. The van der Waals surface area contributed by atoms with E-state index >= 15 is 0 Å². The maximum Gasteiger partial charge on any atom is 0.335 e. The molecule has 1 fully saturated rings. The van der Waals surface area contributed by atoms with Crippen LogP contribution in [0, 0.1) is 0 Å². The lowest BCUT2D eigenvalue weighted by atomic mass is 9.84. The van der Waals surface area contributed by atoms with Crippen LogP contribution in [0.5, 0.6) is 6.01 Å². The van der Waals surface area contributed by atoms with Gasteiger partial charge < -0.3 is 20.9 Å². The maximum atomic E-state index is 13.3. The summed E-state index contributed by atoms with van der Waals surface area (Å²) >= 11 is 12.5. The number of hydrogen-bond donors (Lipinski definition) is 3. The molecule has 1 aliphatic heterocycles. The van der Waals surface area contributed by atoms with Gasteiger partial charge in [0.2, 0.25) is 10.0 Å². The Balaban J connectivity index is 1.30. The van der Waals surface area contributed by atoms with Crippen molar-refractivity contribution >= 4 is 55.9 Å². The smallest absolute Gasteiger partial charge is 0.335 e. The Morgan fingerprint density at radius 3 is 2.04 bits per heavy atom. The zero-order valence-corrected chi connectivity index (χ0v) is 28.0. The quantitative estimate of drug-likeness (QED) is 0.132. The minimum atomic E-state index is -3.79. The number of nitrogens with zero attached hydrogens (tertiary/aromatic N) is 3. The first-order valence-electron chi connectivity index (χ1n) is 15.4. The van der Waals surface area contributed by atoms with Gasteiger partial charge in [0.15, 0.2) is 0 Å². The Labute approximate surface area is 288 Å². The fraction of sp³-hybridized carbons (Fsp3) is 0.229. The fourth-order valence-corrected chi connectivity index (χ4v) is 7.59. The molecule has 4 aromatic carbocycles. The molecule has 13 heteroatoms. The Morgan fingerprint density at radius 2 is 1.48 bits per heavy atom. The van der Waals surface area contributed by atoms with Crippen molar-refractivity contribution in [1.82, 2.24) is 14.3 Å². The molecule has 248 valence electrons. The van der Waals surface area contributed by atoms with Crippen molar-refractivity contribution in [3.8, 4) is 6.01 Å². The average molecular weight is 707 g/mol. The van der Waals surface area contributed by atoms with Gasteiger partial charge in [0.1, 0.15) is 12.4 Å². The van der Waals surface area contributed by atoms with Crippen LogP contribution >= 0.6 is 23.2 Å². The Bertz CT molecular complexity index is 1980. The number of ether oxygens (including phenoxy) is 1. The number of carboxylic acids is 1. The highest BCUT2D eigenvalue weighted by Gasteiger charge is 2.30. The molecule has 1 aromatic heterocycles. The van der Waals surface area contributed by atoms with E-state index in [2.05, 4.69) is 16.4 Å². The van der Waals surface area contributed by atoms with Crippen LogP contribution in [-0.2, 0) is 10.0 Å². The van der Waals surface area contributed by atoms with E-state index in [0.717, 1.165) is 22.1 Å². The molecule has 0 spiro atoms. The minimum absolute atomic E-state index is 0.0274. The molecule has 0 unspecified atom stereocenters. The standard InChI is InChI=1S/C35H33Cl2N5O5S/c36-26-8-1-22(2-9-26)32(23-3-10-27(37)11-4-23)25-7-14-31-30(21-25)33(41-35(40-31)47-20-17-38)39-28-15-18-42(19-16-28)48(45,46)29-12-5-24(6-13-29)34(43)44/h1-14,21,28,32H,15-20,38H2,(H,43,44)(H,39,40,41). The fourth-order valence-electron chi connectivity index (χ4n) is 5.87. The van der Waals surface area contributed by atoms with Gasteiger partial charge in [-0.15, -0.1) is 0 Å². The molecule has 6 rings (SSSR count). The highest BCUT2D eigenvalue weighted by molar-refractivity contribution is 7.89. The molecular weight excluding hydrogens is 673 g/mol. The number of nitrogens with two attached hydrogens (primary N) is 1. The van der Waals surface area contributed by atoms with Crippen LogP contribution in [0.4, 0.5) is 5.82 Å². The van der Waals surface area contributed by atoms with Gasteiger partial charge in [-0.1, -0.05) is 53.5 Å². The molecule has 4 N–H and O–H groups in total. The summed E-state index contributed by atoms with van der Waals surface area (Å²) in [7, 11) is -3.79. The Morgan fingerprint density at radius 1 is 0.896 bits per heavy atom. The zero-order valence-electron chi connectivity index (χ0n) is 25.7. The van der Waals surface area contributed by atoms with E-state index in [0.29, 0.717) is 40.8 Å². The summed E-state index contributed by atoms with van der Waals surface area (Å²) in [5.41, 5.74) is 9.48. The summed E-state index contributed by atoms with van der Waals surface area (Å²) in [6.07, 6.45) is 1.05. The van der Waals surface area contributed by atoms with Gasteiger partial charge >= 0.3 is 12.0 Å². The predicted molar refractivity (Wildman–Crippen MR) is 187 cm³/mol. The molecule has 0 aliphatic carbocycles. The maximum absolute atomic E-state index is 13.3. The molecule has 48 heavy (non-hydrogen) atoms. The van der Waals surface area contributed by atoms with Crippen LogP contribution < -0.4 is 15.8 Å². The molecule has 0 amide bonds. The van der Waals surface area contributed by atoms with Gasteiger partial charge in [-0.2, -0.15) is 14.3 Å². The Hall–Kier alpha value is -4.26. The number of aromatic nitrogens is 2. The molecule has 10 nitrogen and oxygen atoms in total. The number of carbonyl (C=O) groups is 1. The van der Waals surface area contributed by atoms with Crippen molar-refractivity contribution in [1.29, 1.82) is 0 Å². The number of hydrogen-bond acceptors (Lipinski definition) is 8. The first-order valence-corrected chi connectivity index (χ1v) is 17.6. The lowest BCUT2D eigenvalue weighted by molar-refractivity contribution is 0.0696. The molecule has 0 atom stereocenters. The van der Waals surface area contributed by atoms with Crippen molar-refractivity contribution < 1.29 is 23.1 Å². The number of piperidine rings is 1. The topological polar surface area (TPSA) is 148 Å². The molecular formula is C35H33Cl2N5O5S. The SMILES string of the molecule is NCCOc1nc(NC2CCN(S(=O)(=O)c3ccc(C(=O)O)cc3)CC2)c2cc(C(c3ccc(Cl)cc3)c3ccc(Cl)cc3)ccc2n1. The second-order valence-electron chi connectivity index (χ2n) is 11.5. The summed E-state index contributed by atoms with van der Waals surface area (Å²) in [6, 6.07) is 26.9. The molecule has 2 heterocycles. The summed E-state index contributed by atoms with van der Waals surface area (Å²) in [4.78, 5) is 20.6. The number of nitrogens with one attached hydrogen (secondary N) is 1. The van der Waals surface area contributed by atoms with Crippen LogP contribution in [0.2, 0.25) is 10.0 Å². The summed E-state index contributed by atoms with van der Waals surface area (Å²) < 4.78 is 33.8. The second-order valence-corrected chi connectivity index (χ2v) is 14.3. The summed E-state index contributed by atoms with van der Waals surface area (Å²) in [5.74, 6) is -0.675. The van der Waals surface area contributed by atoms with E-state index in [4.69, 9.17) is 43.8 Å². The summed E-state index contributed by atoms with van der Waals surface area (Å²) in [5, 5.41) is 14.8. The van der Waals surface area contributed by atoms with Crippen molar-refractivity contribution in [2.45, 2.75) is 29.7 Å². The number of fused-ring (bicyclic) bond motifs is 1. The van der Waals surface area contributed by atoms with Crippen LogP contribution in [0.1, 0.15) is 45.8 Å². The zero-order chi connectivity index (χ0) is 33.8. The second kappa shape index (κ2) is 14.5. The van der Waals surface area contributed by atoms with E-state index < -0.39 is 16.0 Å². The lowest BCUT2D eigenvalue weighted by Gasteiger charge is -2.32. The first-order chi connectivity index (χ1) is 23.1. The number of sulfonamides is 1. The van der Waals surface area contributed by atoms with Crippen LogP contribution in [-0.4, -0.2) is 66.0 Å². The average Bonchev–Trinajstić information content (AvgIpc) is 3.09. The monoisotopic (exact) mass is 705 g/mol. The van der Waals surface area contributed by atoms with E-state index in [1.807, 2.05) is 60.7 Å². The normalized spacial score (nSPS) is 14.3. The van der Waals surface area contributed by atoms with Gasteiger partial charge in [-0.05, 0) is 90.2 Å². The summed E-state index contributed by atoms with van der Waals surface area (Å²) in [6.45, 7) is 1.11. The van der Waals surface area contributed by atoms with Gasteiger partial charge in [-0.3, -0.25) is 0 Å². The van der Waals surface area contributed by atoms with E-state index in [1.165, 1.54) is 28.6 Å². The molecule has 1 saturated heterocycles. The predicted octanol–water partition coefficient (Wildman–Crippen LogP) is 6.42. The Kier molecular flexibility index (Phi) is 10.1. The third-order valence-corrected chi connectivity index (χ3v) is 10.7. The van der Waals surface area contributed by atoms with Crippen LogP contribution in [0.25, 0.3) is 10.9 Å². The largest absolute Gasteiger partial charge is 0.478 e. The highest BCUT2D eigenvalue weighted by atomic mass is 35.5.